The van der Waals surface area contributed by atoms with Gasteiger partial charge in [-0.15, -0.1) is 0 Å². The van der Waals surface area contributed by atoms with Gasteiger partial charge in [0.2, 0.25) is 0 Å². The van der Waals surface area contributed by atoms with E-state index in [4.69, 9.17) is 5.73 Å². The molecule has 0 fully saturated rings. The maximum Gasteiger partial charge on any atom is 0.132 e. The molecule has 0 spiro atoms. The molecular weight excluding hydrogens is 212 g/mol. The number of nitrogens with zero attached hydrogens (tertiary/aromatic N) is 2. The summed E-state index contributed by atoms with van der Waals surface area (Å²) in [7, 11) is 0. The molecular formula is C13H22N4. The van der Waals surface area contributed by atoms with Crippen molar-refractivity contribution in [1.82, 2.24) is 9.97 Å². The van der Waals surface area contributed by atoms with Crippen LogP contribution in [-0.4, -0.2) is 22.1 Å². The van der Waals surface area contributed by atoms with Gasteiger partial charge in [0.15, 0.2) is 0 Å². The highest BCUT2D eigenvalue weighted by molar-refractivity contribution is 5.48. The highest BCUT2D eigenvalue weighted by atomic mass is 15.0. The second kappa shape index (κ2) is 5.00. The number of fused-ring (bicyclic) bond motifs is 1. The first-order valence-corrected chi connectivity index (χ1v) is 6.54. The van der Waals surface area contributed by atoms with Crippen LogP contribution in [0.4, 0.5) is 5.82 Å². The van der Waals surface area contributed by atoms with Crippen molar-refractivity contribution in [2.45, 2.75) is 51.5 Å². The molecule has 0 saturated heterocycles. The first kappa shape index (κ1) is 12.3. The Labute approximate surface area is 103 Å². The monoisotopic (exact) mass is 234 g/mol. The molecule has 3 N–H and O–H groups in total. The second-order valence-electron chi connectivity index (χ2n) is 4.92. The van der Waals surface area contributed by atoms with Crippen LogP contribution in [0.25, 0.3) is 0 Å². The number of hydrogen-bond acceptors (Lipinski definition) is 4. The Morgan fingerprint density at radius 1 is 1.29 bits per heavy atom. The van der Waals surface area contributed by atoms with Crippen molar-refractivity contribution in [3.63, 3.8) is 0 Å². The fourth-order valence-corrected chi connectivity index (χ4v) is 2.27. The second-order valence-corrected chi connectivity index (χ2v) is 4.92. The molecule has 17 heavy (non-hydrogen) atoms. The van der Waals surface area contributed by atoms with E-state index in [1.54, 1.807) is 6.33 Å². The summed E-state index contributed by atoms with van der Waals surface area (Å²) in [5, 5.41) is 3.41. The van der Waals surface area contributed by atoms with Crippen molar-refractivity contribution in [1.29, 1.82) is 0 Å². The van der Waals surface area contributed by atoms with Crippen molar-refractivity contribution in [2.75, 3.05) is 11.9 Å². The normalized spacial score (nSPS) is 14.8. The van der Waals surface area contributed by atoms with Crippen LogP contribution >= 0.6 is 0 Å². The van der Waals surface area contributed by atoms with Crippen LogP contribution < -0.4 is 11.1 Å². The third-order valence-corrected chi connectivity index (χ3v) is 3.89. The number of anilines is 1. The van der Waals surface area contributed by atoms with Crippen LogP contribution in [0.15, 0.2) is 6.33 Å². The van der Waals surface area contributed by atoms with Gasteiger partial charge in [-0.3, -0.25) is 0 Å². The average molecular weight is 234 g/mol. The highest BCUT2D eigenvalue weighted by Crippen LogP contribution is 2.25. The minimum Gasteiger partial charge on any atom is -0.368 e. The van der Waals surface area contributed by atoms with Gasteiger partial charge in [0.25, 0.3) is 0 Å². The summed E-state index contributed by atoms with van der Waals surface area (Å²) >= 11 is 0. The molecule has 0 amide bonds. The first-order chi connectivity index (χ1) is 8.18. The highest BCUT2D eigenvalue weighted by Gasteiger charge is 2.22. The lowest BCUT2D eigenvalue weighted by Gasteiger charge is -2.27. The lowest BCUT2D eigenvalue weighted by Crippen LogP contribution is -2.45. The van der Waals surface area contributed by atoms with Crippen molar-refractivity contribution < 1.29 is 0 Å². The topological polar surface area (TPSA) is 63.8 Å². The van der Waals surface area contributed by atoms with Crippen LogP contribution in [0.1, 0.15) is 44.4 Å². The van der Waals surface area contributed by atoms with Crippen molar-refractivity contribution in [3.05, 3.63) is 17.6 Å². The Balaban J connectivity index is 2.07. The summed E-state index contributed by atoms with van der Waals surface area (Å²) < 4.78 is 0. The Morgan fingerprint density at radius 3 is 2.76 bits per heavy atom. The van der Waals surface area contributed by atoms with E-state index >= 15 is 0 Å². The van der Waals surface area contributed by atoms with E-state index in [1.807, 2.05) is 0 Å². The quantitative estimate of drug-likeness (QED) is 0.816. The maximum absolute atomic E-state index is 6.28. The number of hydrogen-bond donors (Lipinski definition) is 2. The molecule has 0 aliphatic heterocycles. The predicted octanol–water partition coefficient (Wildman–Crippen LogP) is 1.89. The van der Waals surface area contributed by atoms with Crippen molar-refractivity contribution in [3.8, 4) is 0 Å². The molecule has 4 heteroatoms. The largest absolute Gasteiger partial charge is 0.368 e. The summed E-state index contributed by atoms with van der Waals surface area (Å²) in [6, 6.07) is 0. The van der Waals surface area contributed by atoms with Gasteiger partial charge < -0.3 is 11.1 Å². The molecule has 0 atom stereocenters. The Bertz CT molecular complexity index is 385. The van der Waals surface area contributed by atoms with E-state index in [-0.39, 0.29) is 5.54 Å². The third kappa shape index (κ3) is 2.57. The lowest BCUT2D eigenvalue weighted by atomic mass is 9.94. The fraction of sp³-hybridized carbons (Fsp3) is 0.692. The van der Waals surface area contributed by atoms with Gasteiger partial charge in [0, 0.05) is 23.3 Å². The molecule has 0 unspecified atom stereocenters. The molecule has 0 saturated carbocycles. The molecule has 1 aromatic rings. The van der Waals surface area contributed by atoms with Gasteiger partial charge in [-0.25, -0.2) is 9.97 Å². The number of nitrogens with two attached hydrogens (primary N) is 1. The minimum atomic E-state index is -0.129. The molecule has 1 aliphatic carbocycles. The SMILES string of the molecule is CCC(N)(CC)CNc1ncnc2c1CCC2. The number of aromatic nitrogens is 2. The summed E-state index contributed by atoms with van der Waals surface area (Å²) in [5.41, 5.74) is 8.66. The lowest BCUT2D eigenvalue weighted by molar-refractivity contribution is 0.417. The summed E-state index contributed by atoms with van der Waals surface area (Å²) in [4.78, 5) is 8.67. The zero-order valence-electron chi connectivity index (χ0n) is 10.8. The molecule has 0 radical (unpaired) electrons. The van der Waals surface area contributed by atoms with E-state index < -0.39 is 0 Å². The Kier molecular flexibility index (Phi) is 3.62. The first-order valence-electron chi connectivity index (χ1n) is 6.54. The van der Waals surface area contributed by atoms with Gasteiger partial charge in [0.1, 0.15) is 12.1 Å². The fourth-order valence-electron chi connectivity index (χ4n) is 2.27. The number of rotatable bonds is 5. The number of aryl methyl sites for hydroxylation is 1. The Hall–Kier alpha value is -1.16. The van der Waals surface area contributed by atoms with Crippen LogP contribution in [0.5, 0.6) is 0 Å². The van der Waals surface area contributed by atoms with Gasteiger partial charge in [-0.1, -0.05) is 13.8 Å². The van der Waals surface area contributed by atoms with Gasteiger partial charge in [-0.05, 0) is 32.1 Å². The third-order valence-electron chi connectivity index (χ3n) is 3.89. The summed E-state index contributed by atoms with van der Waals surface area (Å²) in [5.74, 6) is 0.990. The summed E-state index contributed by atoms with van der Waals surface area (Å²) in [6.07, 6.45) is 6.98. The standard InChI is InChI=1S/C13H22N4/c1-3-13(14,4-2)8-15-12-10-6-5-7-11(10)16-9-17-12/h9H,3-8,14H2,1-2H3,(H,15,16,17). The predicted molar refractivity (Wildman–Crippen MR) is 70.0 cm³/mol. The molecule has 0 bridgehead atoms. The van der Waals surface area contributed by atoms with E-state index in [0.29, 0.717) is 0 Å². The van der Waals surface area contributed by atoms with Crippen molar-refractivity contribution >= 4 is 5.82 Å². The van der Waals surface area contributed by atoms with Gasteiger partial charge in [-0.2, -0.15) is 0 Å². The molecule has 0 aromatic carbocycles. The average Bonchev–Trinajstić information content (AvgIpc) is 2.84. The maximum atomic E-state index is 6.28. The Morgan fingerprint density at radius 2 is 2.06 bits per heavy atom. The van der Waals surface area contributed by atoms with Crippen molar-refractivity contribution in [2.24, 2.45) is 5.73 Å². The smallest absolute Gasteiger partial charge is 0.132 e. The molecule has 1 aromatic heterocycles. The van der Waals surface area contributed by atoms with E-state index in [0.717, 1.165) is 38.0 Å². The van der Waals surface area contributed by atoms with E-state index in [2.05, 4.69) is 29.1 Å². The van der Waals surface area contributed by atoms with Crippen LogP contribution in [0.2, 0.25) is 0 Å². The molecule has 94 valence electrons. The van der Waals surface area contributed by atoms with E-state index in [9.17, 15) is 0 Å². The summed E-state index contributed by atoms with van der Waals surface area (Å²) in [6.45, 7) is 5.05. The van der Waals surface area contributed by atoms with Crippen LogP contribution in [0.3, 0.4) is 0 Å². The zero-order valence-corrected chi connectivity index (χ0v) is 10.8. The molecule has 1 aliphatic rings. The van der Waals surface area contributed by atoms with Crippen LogP contribution in [0, 0.1) is 0 Å². The van der Waals surface area contributed by atoms with Gasteiger partial charge in [0.05, 0.1) is 0 Å². The van der Waals surface area contributed by atoms with Gasteiger partial charge >= 0.3 is 0 Å². The van der Waals surface area contributed by atoms with E-state index in [1.165, 1.54) is 17.7 Å². The molecule has 2 rings (SSSR count). The minimum absolute atomic E-state index is 0.129. The zero-order chi connectivity index (χ0) is 12.3. The van der Waals surface area contributed by atoms with Crippen LogP contribution in [-0.2, 0) is 12.8 Å². The molecule has 1 heterocycles. The molecule has 4 nitrogen and oxygen atoms in total. The number of nitrogens with one attached hydrogen (secondary N) is 1.